The molecular weight excluding hydrogens is 464 g/mol. The fraction of sp³-hybridized carbons (Fsp3) is 0.179. The molecule has 178 valence electrons. The van der Waals surface area contributed by atoms with Crippen molar-refractivity contribution >= 4 is 40.8 Å². The number of nitrogens with zero attached hydrogens (tertiary/aromatic N) is 1. The molecule has 0 unspecified atom stereocenters. The third-order valence-corrected chi connectivity index (χ3v) is 5.93. The van der Waals surface area contributed by atoms with Crippen LogP contribution >= 0.6 is 11.6 Å². The van der Waals surface area contributed by atoms with Gasteiger partial charge in [-0.25, -0.2) is 9.69 Å². The predicted molar refractivity (Wildman–Crippen MR) is 137 cm³/mol. The molecule has 0 fully saturated rings. The number of ether oxygens (including phenoxy) is 1. The lowest BCUT2D eigenvalue weighted by Crippen LogP contribution is -2.32. The molecule has 0 saturated heterocycles. The molecule has 3 aromatic rings. The van der Waals surface area contributed by atoms with Gasteiger partial charge in [0.25, 0.3) is 11.8 Å². The van der Waals surface area contributed by atoms with Crippen molar-refractivity contribution in [3.63, 3.8) is 0 Å². The summed E-state index contributed by atoms with van der Waals surface area (Å²) in [5.74, 6) is -1.13. The monoisotopic (exact) mass is 488 g/mol. The van der Waals surface area contributed by atoms with Crippen LogP contribution in [-0.2, 0) is 15.0 Å². The summed E-state index contributed by atoms with van der Waals surface area (Å²) in [6.45, 7) is 8.02. The van der Waals surface area contributed by atoms with Crippen LogP contribution in [0.2, 0.25) is 0 Å². The molecule has 0 aliphatic carbocycles. The summed E-state index contributed by atoms with van der Waals surface area (Å²) < 4.78 is 5.66. The minimum Gasteiger partial charge on any atom is -0.423 e. The fourth-order valence-corrected chi connectivity index (χ4v) is 3.99. The fourth-order valence-electron chi connectivity index (χ4n) is 3.78. The van der Waals surface area contributed by atoms with E-state index in [1.54, 1.807) is 48.5 Å². The Kier molecular flexibility index (Phi) is 6.50. The Morgan fingerprint density at radius 1 is 0.914 bits per heavy atom. The Labute approximate surface area is 209 Å². The normalized spacial score (nSPS) is 13.9. The molecule has 2 amide bonds. The topological polar surface area (TPSA) is 75.7 Å². The van der Waals surface area contributed by atoms with Gasteiger partial charge in [-0.1, -0.05) is 62.7 Å². The number of nitrogens with one attached hydrogen (secondary N) is 1. The van der Waals surface area contributed by atoms with Crippen molar-refractivity contribution in [2.45, 2.75) is 33.1 Å². The maximum Gasteiger partial charge on any atom is 0.343 e. The molecule has 0 radical (unpaired) electrons. The Hall–Kier alpha value is -3.90. The number of carbonyl (C=O) groups excluding carboxylic acids is 3. The van der Waals surface area contributed by atoms with Gasteiger partial charge in [0.1, 0.15) is 16.5 Å². The molecule has 7 heteroatoms. The minimum absolute atomic E-state index is 0.0207. The lowest BCUT2D eigenvalue weighted by Gasteiger charge is -2.22. The summed E-state index contributed by atoms with van der Waals surface area (Å²) >= 11 is 6.21. The van der Waals surface area contributed by atoms with Gasteiger partial charge in [0.2, 0.25) is 0 Å². The summed E-state index contributed by atoms with van der Waals surface area (Å²) in [6, 6.07) is 20.9. The zero-order chi connectivity index (χ0) is 25.3. The van der Waals surface area contributed by atoms with Crippen LogP contribution in [0.25, 0.3) is 0 Å². The molecule has 4 rings (SSSR count). The van der Waals surface area contributed by atoms with Crippen LogP contribution in [0.4, 0.5) is 11.4 Å². The molecule has 0 aromatic heterocycles. The quantitative estimate of drug-likeness (QED) is 0.273. The standard InChI is InChI=1S/C28H25ClN2O4/c1-17-8-7-9-20(16-17)31-25(32)23(29)24(26(31)33)30-19-14-12-18(13-15-19)27(34)35-22-11-6-5-10-21(22)28(2,3)4/h5-16,30H,1-4H3. The van der Waals surface area contributed by atoms with Crippen LogP contribution in [0, 0.1) is 6.92 Å². The van der Waals surface area contributed by atoms with Gasteiger partial charge in [-0.05, 0) is 60.4 Å². The third-order valence-electron chi connectivity index (χ3n) is 5.57. The van der Waals surface area contributed by atoms with E-state index < -0.39 is 17.8 Å². The second-order valence-corrected chi connectivity index (χ2v) is 9.69. The highest BCUT2D eigenvalue weighted by Gasteiger charge is 2.39. The van der Waals surface area contributed by atoms with E-state index in [4.69, 9.17) is 16.3 Å². The van der Waals surface area contributed by atoms with Gasteiger partial charge >= 0.3 is 5.97 Å². The summed E-state index contributed by atoms with van der Waals surface area (Å²) in [5, 5.41) is 2.72. The van der Waals surface area contributed by atoms with E-state index in [0.29, 0.717) is 22.7 Å². The number of para-hydroxylation sites is 1. The third kappa shape index (κ3) is 4.98. The van der Waals surface area contributed by atoms with Crippen molar-refractivity contribution in [1.29, 1.82) is 0 Å². The van der Waals surface area contributed by atoms with Crippen molar-refractivity contribution in [2.24, 2.45) is 0 Å². The SMILES string of the molecule is Cc1cccc(N2C(=O)C(Cl)=C(Nc3ccc(C(=O)Oc4ccccc4C(C)(C)C)cc3)C2=O)c1. The summed E-state index contributed by atoms with van der Waals surface area (Å²) in [5.41, 5.74) is 2.92. The molecule has 0 bridgehead atoms. The summed E-state index contributed by atoms with van der Waals surface area (Å²) in [6.07, 6.45) is 0. The lowest BCUT2D eigenvalue weighted by molar-refractivity contribution is -0.120. The minimum atomic E-state index is -0.595. The smallest absolute Gasteiger partial charge is 0.343 e. The Morgan fingerprint density at radius 2 is 1.60 bits per heavy atom. The van der Waals surface area contributed by atoms with Crippen LogP contribution in [-0.4, -0.2) is 17.8 Å². The molecule has 3 aromatic carbocycles. The second kappa shape index (κ2) is 9.39. The number of esters is 1. The van der Waals surface area contributed by atoms with Gasteiger partial charge < -0.3 is 10.1 Å². The highest BCUT2D eigenvalue weighted by Crippen LogP contribution is 2.32. The van der Waals surface area contributed by atoms with E-state index in [2.05, 4.69) is 26.1 Å². The lowest BCUT2D eigenvalue weighted by atomic mass is 9.86. The van der Waals surface area contributed by atoms with Gasteiger partial charge in [-0.3, -0.25) is 9.59 Å². The average Bonchev–Trinajstić information content (AvgIpc) is 3.02. The van der Waals surface area contributed by atoms with Crippen molar-refractivity contribution in [1.82, 2.24) is 0 Å². The zero-order valence-corrected chi connectivity index (χ0v) is 20.6. The van der Waals surface area contributed by atoms with Crippen molar-refractivity contribution in [3.8, 4) is 5.75 Å². The maximum absolute atomic E-state index is 13.0. The molecule has 0 spiro atoms. The van der Waals surface area contributed by atoms with Gasteiger partial charge in [-0.15, -0.1) is 0 Å². The molecule has 1 N–H and O–H groups in total. The summed E-state index contributed by atoms with van der Waals surface area (Å²) in [7, 11) is 0. The molecule has 1 aliphatic rings. The highest BCUT2D eigenvalue weighted by atomic mass is 35.5. The van der Waals surface area contributed by atoms with Gasteiger partial charge in [0.05, 0.1) is 11.3 Å². The van der Waals surface area contributed by atoms with E-state index >= 15 is 0 Å². The van der Waals surface area contributed by atoms with E-state index in [0.717, 1.165) is 16.0 Å². The largest absolute Gasteiger partial charge is 0.423 e. The van der Waals surface area contributed by atoms with Crippen molar-refractivity contribution in [3.05, 3.63) is 100 Å². The van der Waals surface area contributed by atoms with Crippen molar-refractivity contribution < 1.29 is 19.1 Å². The number of imide groups is 1. The van der Waals surface area contributed by atoms with Crippen LogP contribution < -0.4 is 15.0 Å². The molecule has 35 heavy (non-hydrogen) atoms. The first kappa shape index (κ1) is 24.2. The first-order chi connectivity index (χ1) is 16.6. The second-order valence-electron chi connectivity index (χ2n) is 9.31. The number of rotatable bonds is 5. The number of amides is 2. The molecule has 1 aliphatic heterocycles. The van der Waals surface area contributed by atoms with Crippen LogP contribution in [0.5, 0.6) is 5.75 Å². The number of aryl methyl sites for hydroxylation is 1. The number of carbonyl (C=O) groups is 3. The number of anilines is 2. The number of halogens is 1. The number of hydrogen-bond acceptors (Lipinski definition) is 5. The van der Waals surface area contributed by atoms with Crippen LogP contribution in [0.15, 0.2) is 83.5 Å². The highest BCUT2D eigenvalue weighted by molar-refractivity contribution is 6.53. The average molecular weight is 489 g/mol. The predicted octanol–water partition coefficient (Wildman–Crippen LogP) is 5.95. The Bertz CT molecular complexity index is 1350. The Balaban J connectivity index is 1.50. The zero-order valence-electron chi connectivity index (χ0n) is 19.9. The van der Waals surface area contributed by atoms with E-state index in [1.165, 1.54) is 0 Å². The Morgan fingerprint density at radius 3 is 2.26 bits per heavy atom. The number of benzene rings is 3. The molecular formula is C28H25ClN2O4. The van der Waals surface area contributed by atoms with Crippen LogP contribution in [0.3, 0.4) is 0 Å². The van der Waals surface area contributed by atoms with E-state index in [-0.39, 0.29) is 16.1 Å². The van der Waals surface area contributed by atoms with Gasteiger partial charge in [-0.2, -0.15) is 0 Å². The maximum atomic E-state index is 13.0. The molecule has 0 saturated carbocycles. The van der Waals surface area contributed by atoms with Gasteiger partial charge in [0, 0.05) is 11.3 Å². The van der Waals surface area contributed by atoms with Crippen molar-refractivity contribution in [2.75, 3.05) is 10.2 Å². The molecule has 1 heterocycles. The number of hydrogen-bond donors (Lipinski definition) is 1. The van der Waals surface area contributed by atoms with Crippen LogP contribution in [0.1, 0.15) is 42.3 Å². The van der Waals surface area contributed by atoms with E-state index in [1.807, 2.05) is 31.2 Å². The first-order valence-electron chi connectivity index (χ1n) is 11.1. The molecule has 0 atom stereocenters. The van der Waals surface area contributed by atoms with E-state index in [9.17, 15) is 14.4 Å². The summed E-state index contributed by atoms with van der Waals surface area (Å²) in [4.78, 5) is 39.4. The van der Waals surface area contributed by atoms with Gasteiger partial charge in [0.15, 0.2) is 0 Å². The molecule has 6 nitrogen and oxygen atoms in total. The first-order valence-corrected chi connectivity index (χ1v) is 11.5.